The third-order valence-corrected chi connectivity index (χ3v) is 4.64. The summed E-state index contributed by atoms with van der Waals surface area (Å²) in [7, 11) is 1.53. The number of carbonyl (C=O) groups is 2. The zero-order chi connectivity index (χ0) is 20.1. The van der Waals surface area contributed by atoms with Gasteiger partial charge < -0.3 is 19.9 Å². The van der Waals surface area contributed by atoms with Crippen LogP contribution in [0.2, 0.25) is 0 Å². The summed E-state index contributed by atoms with van der Waals surface area (Å²) in [6.45, 7) is 0.397. The highest BCUT2D eigenvalue weighted by Gasteiger charge is 2.25. The largest absolute Gasteiger partial charge is 0.497 e. The fourth-order valence-electron chi connectivity index (χ4n) is 2.76. The van der Waals surface area contributed by atoms with Crippen LogP contribution in [0.4, 0.5) is 4.39 Å². The van der Waals surface area contributed by atoms with Gasteiger partial charge in [-0.3, -0.25) is 9.59 Å². The number of methoxy groups -OCH3 is 1. The first-order chi connectivity index (χ1) is 13.5. The summed E-state index contributed by atoms with van der Waals surface area (Å²) in [5.74, 6) is -1.51. The maximum atomic E-state index is 13.1. The van der Waals surface area contributed by atoms with Crippen molar-refractivity contribution in [2.75, 3.05) is 20.3 Å². The van der Waals surface area contributed by atoms with Gasteiger partial charge in [0.15, 0.2) is 0 Å². The van der Waals surface area contributed by atoms with E-state index in [4.69, 9.17) is 9.47 Å². The Bertz CT molecular complexity index is 848. The normalized spacial score (nSPS) is 14.2. The van der Waals surface area contributed by atoms with Gasteiger partial charge in [0.2, 0.25) is 0 Å². The third-order valence-electron chi connectivity index (χ3n) is 4.64. The van der Waals surface area contributed by atoms with Gasteiger partial charge >= 0.3 is 5.97 Å². The van der Waals surface area contributed by atoms with Gasteiger partial charge in [-0.15, -0.1) is 0 Å². The lowest BCUT2D eigenvalue weighted by Crippen LogP contribution is -2.32. The maximum absolute atomic E-state index is 13.1. The van der Waals surface area contributed by atoms with Crippen LogP contribution in [0.1, 0.15) is 34.7 Å². The van der Waals surface area contributed by atoms with Crippen molar-refractivity contribution in [2.24, 2.45) is 5.92 Å². The highest BCUT2D eigenvalue weighted by atomic mass is 19.1. The first kappa shape index (κ1) is 19.7. The number of carboxylic acid groups (broad SMARTS) is 1. The van der Waals surface area contributed by atoms with E-state index < -0.39 is 23.6 Å². The highest BCUT2D eigenvalue weighted by molar-refractivity contribution is 5.97. The minimum atomic E-state index is -1.10. The van der Waals surface area contributed by atoms with E-state index in [1.807, 2.05) is 0 Å². The van der Waals surface area contributed by atoms with E-state index in [1.54, 1.807) is 18.2 Å². The third kappa shape index (κ3) is 5.00. The number of carbonyl (C=O) groups excluding carboxylic acids is 1. The number of rotatable bonds is 9. The summed E-state index contributed by atoms with van der Waals surface area (Å²) in [4.78, 5) is 24.2. The van der Waals surface area contributed by atoms with Crippen LogP contribution in [-0.2, 0) is 4.79 Å². The number of halogens is 1. The summed E-state index contributed by atoms with van der Waals surface area (Å²) in [6.07, 6.45) is 2.23. The maximum Gasteiger partial charge on any atom is 0.312 e. The molecule has 7 heteroatoms. The molecule has 0 radical (unpaired) electrons. The Labute approximate surface area is 162 Å². The topological polar surface area (TPSA) is 84.9 Å². The summed E-state index contributed by atoms with van der Waals surface area (Å²) < 4.78 is 24.1. The molecular weight excluding hydrogens is 365 g/mol. The number of ether oxygens (including phenoxy) is 2. The van der Waals surface area contributed by atoms with E-state index in [-0.39, 0.29) is 6.54 Å². The van der Waals surface area contributed by atoms with E-state index in [0.717, 1.165) is 12.8 Å². The number of hydrogen-bond acceptors (Lipinski definition) is 4. The lowest BCUT2D eigenvalue weighted by Gasteiger charge is -2.16. The standard InChI is InChI=1S/C21H22FNO5/c1-27-16-8-9-17(19(10-16)28-12-13-2-3-13)20(24)23-11-18(21(25)26)14-4-6-15(22)7-5-14/h4-10,13,18H,2-3,11-12H2,1H3,(H,23,24)(H,25,26). The molecule has 2 aromatic rings. The van der Waals surface area contributed by atoms with Crippen LogP contribution in [0.3, 0.4) is 0 Å². The number of aliphatic carboxylic acids is 1. The monoisotopic (exact) mass is 387 g/mol. The van der Waals surface area contributed by atoms with Crippen molar-refractivity contribution >= 4 is 11.9 Å². The zero-order valence-electron chi connectivity index (χ0n) is 15.5. The van der Waals surface area contributed by atoms with Crippen molar-refractivity contribution in [1.29, 1.82) is 0 Å². The minimum absolute atomic E-state index is 0.131. The fourth-order valence-corrected chi connectivity index (χ4v) is 2.76. The molecule has 0 saturated heterocycles. The van der Waals surface area contributed by atoms with Gasteiger partial charge in [0.05, 0.1) is 25.2 Å². The molecule has 1 aliphatic rings. The number of nitrogens with one attached hydrogen (secondary N) is 1. The van der Waals surface area contributed by atoms with Gasteiger partial charge in [-0.05, 0) is 48.6 Å². The lowest BCUT2D eigenvalue weighted by molar-refractivity contribution is -0.138. The Morgan fingerprint density at radius 2 is 1.93 bits per heavy atom. The molecule has 1 fully saturated rings. The molecule has 1 atom stereocenters. The van der Waals surface area contributed by atoms with Crippen molar-refractivity contribution in [1.82, 2.24) is 5.32 Å². The molecule has 1 aliphatic carbocycles. The first-order valence-corrected chi connectivity index (χ1v) is 9.05. The smallest absolute Gasteiger partial charge is 0.312 e. The number of carboxylic acids is 1. The van der Waals surface area contributed by atoms with Crippen LogP contribution < -0.4 is 14.8 Å². The van der Waals surface area contributed by atoms with E-state index >= 15 is 0 Å². The van der Waals surface area contributed by atoms with Gasteiger partial charge in [0.25, 0.3) is 5.91 Å². The van der Waals surface area contributed by atoms with Gasteiger partial charge in [-0.25, -0.2) is 4.39 Å². The molecule has 6 nitrogen and oxygen atoms in total. The average Bonchev–Trinajstić information content (AvgIpc) is 3.51. The second-order valence-electron chi connectivity index (χ2n) is 6.77. The molecule has 148 valence electrons. The van der Waals surface area contributed by atoms with Crippen LogP contribution in [0.15, 0.2) is 42.5 Å². The molecule has 0 heterocycles. The predicted molar refractivity (Wildman–Crippen MR) is 100 cm³/mol. The Balaban J connectivity index is 1.71. The second-order valence-corrected chi connectivity index (χ2v) is 6.77. The number of benzene rings is 2. The predicted octanol–water partition coefficient (Wildman–Crippen LogP) is 3.22. The summed E-state index contributed by atoms with van der Waals surface area (Å²) in [5.41, 5.74) is 0.721. The van der Waals surface area contributed by atoms with Crippen LogP contribution in [0.25, 0.3) is 0 Å². The van der Waals surface area contributed by atoms with Crippen LogP contribution in [0.5, 0.6) is 11.5 Å². The summed E-state index contributed by atoms with van der Waals surface area (Å²) in [6, 6.07) is 10.1. The molecule has 3 rings (SSSR count). The first-order valence-electron chi connectivity index (χ1n) is 9.05. The Hall–Kier alpha value is -3.09. The molecular formula is C21H22FNO5. The van der Waals surface area contributed by atoms with E-state index in [1.165, 1.54) is 31.4 Å². The Morgan fingerprint density at radius 1 is 1.21 bits per heavy atom. The van der Waals surface area contributed by atoms with Gasteiger partial charge in [-0.1, -0.05) is 12.1 Å². The summed E-state index contributed by atoms with van der Waals surface area (Å²) in [5, 5.41) is 12.1. The molecule has 28 heavy (non-hydrogen) atoms. The lowest BCUT2D eigenvalue weighted by atomic mass is 9.99. The average molecular weight is 387 g/mol. The summed E-state index contributed by atoms with van der Waals surface area (Å²) >= 11 is 0. The fraction of sp³-hybridized carbons (Fsp3) is 0.333. The highest BCUT2D eigenvalue weighted by Crippen LogP contribution is 2.31. The van der Waals surface area contributed by atoms with Crippen molar-refractivity contribution < 1.29 is 28.6 Å². The van der Waals surface area contributed by atoms with Crippen molar-refractivity contribution in [3.8, 4) is 11.5 Å². The molecule has 1 saturated carbocycles. The minimum Gasteiger partial charge on any atom is -0.497 e. The SMILES string of the molecule is COc1ccc(C(=O)NCC(C(=O)O)c2ccc(F)cc2)c(OCC2CC2)c1. The van der Waals surface area contributed by atoms with Crippen molar-refractivity contribution in [2.45, 2.75) is 18.8 Å². The molecule has 0 aromatic heterocycles. The second kappa shape index (κ2) is 8.73. The van der Waals surface area contributed by atoms with E-state index in [2.05, 4.69) is 5.32 Å². The van der Waals surface area contributed by atoms with E-state index in [9.17, 15) is 19.1 Å². The van der Waals surface area contributed by atoms with Crippen molar-refractivity contribution in [3.05, 3.63) is 59.4 Å². The molecule has 0 spiro atoms. The van der Waals surface area contributed by atoms with E-state index in [0.29, 0.717) is 35.2 Å². The van der Waals surface area contributed by atoms with Crippen LogP contribution in [-0.4, -0.2) is 37.2 Å². The molecule has 2 N–H and O–H groups in total. The Morgan fingerprint density at radius 3 is 2.54 bits per heavy atom. The molecule has 0 aliphatic heterocycles. The quantitative estimate of drug-likeness (QED) is 0.690. The van der Waals surface area contributed by atoms with Gasteiger partial charge in [0.1, 0.15) is 17.3 Å². The zero-order valence-corrected chi connectivity index (χ0v) is 15.5. The molecule has 1 amide bonds. The van der Waals surface area contributed by atoms with Crippen LogP contribution >= 0.6 is 0 Å². The molecule has 1 unspecified atom stereocenters. The number of hydrogen-bond donors (Lipinski definition) is 2. The molecule has 2 aromatic carbocycles. The van der Waals surface area contributed by atoms with Gasteiger partial charge in [0, 0.05) is 12.6 Å². The van der Waals surface area contributed by atoms with Crippen molar-refractivity contribution in [3.63, 3.8) is 0 Å². The molecule has 0 bridgehead atoms. The number of amides is 1. The van der Waals surface area contributed by atoms with Gasteiger partial charge in [-0.2, -0.15) is 0 Å². The Kier molecular flexibility index (Phi) is 6.13. The van der Waals surface area contributed by atoms with Crippen LogP contribution in [0, 0.1) is 11.7 Å².